The molecule has 0 aromatic carbocycles. The van der Waals surface area contributed by atoms with Crippen LogP contribution in [0.2, 0.25) is 0 Å². The van der Waals surface area contributed by atoms with Crippen LogP contribution in [0.4, 0.5) is 4.39 Å². The van der Waals surface area contributed by atoms with Gasteiger partial charge in [0.15, 0.2) is 10.8 Å². The standard InChI is InChI=1S/C13H17FN4S/c1-9(2)7-15-6-4-12-17-18-13(19-12)10-3-5-16-8-11(10)14/h3,5,8-9,15H,4,6-7H2,1-2H3. The van der Waals surface area contributed by atoms with Gasteiger partial charge < -0.3 is 5.32 Å². The smallest absolute Gasteiger partial charge is 0.151 e. The summed E-state index contributed by atoms with van der Waals surface area (Å²) in [6.45, 7) is 6.20. The number of nitrogens with zero attached hydrogens (tertiary/aromatic N) is 3. The SMILES string of the molecule is CC(C)CNCCc1nnc(-c2ccncc2F)s1. The molecule has 0 saturated heterocycles. The van der Waals surface area contributed by atoms with Gasteiger partial charge in [0, 0.05) is 19.2 Å². The minimum atomic E-state index is -0.358. The highest BCUT2D eigenvalue weighted by Crippen LogP contribution is 2.25. The fourth-order valence-corrected chi connectivity index (χ4v) is 2.46. The van der Waals surface area contributed by atoms with Gasteiger partial charge in [0.05, 0.1) is 11.8 Å². The molecule has 2 heterocycles. The molecule has 6 heteroatoms. The van der Waals surface area contributed by atoms with E-state index in [4.69, 9.17) is 0 Å². The summed E-state index contributed by atoms with van der Waals surface area (Å²) in [5.74, 6) is 0.277. The molecule has 4 nitrogen and oxygen atoms in total. The van der Waals surface area contributed by atoms with Crippen molar-refractivity contribution in [1.82, 2.24) is 20.5 Å². The third-order valence-electron chi connectivity index (χ3n) is 2.54. The molecule has 0 bridgehead atoms. The normalized spacial score (nSPS) is 11.2. The van der Waals surface area contributed by atoms with Crippen molar-refractivity contribution in [2.75, 3.05) is 13.1 Å². The maximum atomic E-state index is 13.5. The first-order valence-corrected chi connectivity index (χ1v) is 7.11. The molecule has 0 aliphatic carbocycles. The summed E-state index contributed by atoms with van der Waals surface area (Å²) in [6, 6.07) is 1.62. The summed E-state index contributed by atoms with van der Waals surface area (Å²) in [5.41, 5.74) is 0.467. The summed E-state index contributed by atoms with van der Waals surface area (Å²) in [6.07, 6.45) is 3.57. The number of aromatic nitrogens is 3. The van der Waals surface area contributed by atoms with Crippen LogP contribution in [-0.4, -0.2) is 28.3 Å². The van der Waals surface area contributed by atoms with E-state index in [1.807, 2.05) is 0 Å². The molecule has 0 fully saturated rings. The van der Waals surface area contributed by atoms with Crippen molar-refractivity contribution >= 4 is 11.3 Å². The molecule has 2 rings (SSSR count). The quantitative estimate of drug-likeness (QED) is 0.826. The van der Waals surface area contributed by atoms with Gasteiger partial charge in [0.2, 0.25) is 0 Å². The van der Waals surface area contributed by atoms with E-state index in [1.54, 1.807) is 12.3 Å². The van der Waals surface area contributed by atoms with E-state index >= 15 is 0 Å². The van der Waals surface area contributed by atoms with Gasteiger partial charge in [-0.1, -0.05) is 25.2 Å². The zero-order chi connectivity index (χ0) is 13.7. The van der Waals surface area contributed by atoms with Crippen LogP contribution in [0.15, 0.2) is 18.5 Å². The third kappa shape index (κ3) is 4.04. The van der Waals surface area contributed by atoms with Crippen LogP contribution in [0.5, 0.6) is 0 Å². The Labute approximate surface area is 116 Å². The molecule has 0 radical (unpaired) electrons. The van der Waals surface area contributed by atoms with Crippen molar-refractivity contribution in [3.63, 3.8) is 0 Å². The lowest BCUT2D eigenvalue weighted by Crippen LogP contribution is -2.22. The largest absolute Gasteiger partial charge is 0.316 e. The first-order valence-electron chi connectivity index (χ1n) is 6.30. The predicted octanol–water partition coefficient (Wildman–Crippen LogP) is 2.53. The molecule has 2 aromatic rings. The number of halogens is 1. The molecule has 0 spiro atoms. The third-order valence-corrected chi connectivity index (χ3v) is 3.55. The monoisotopic (exact) mass is 280 g/mol. The average molecular weight is 280 g/mol. The minimum Gasteiger partial charge on any atom is -0.316 e. The molecule has 0 unspecified atom stereocenters. The van der Waals surface area contributed by atoms with Gasteiger partial charge in [-0.05, 0) is 18.5 Å². The van der Waals surface area contributed by atoms with Crippen molar-refractivity contribution in [2.45, 2.75) is 20.3 Å². The van der Waals surface area contributed by atoms with Gasteiger partial charge in [-0.2, -0.15) is 0 Å². The Balaban J connectivity index is 1.94. The number of pyridine rings is 1. The molecule has 1 N–H and O–H groups in total. The Morgan fingerprint density at radius 1 is 1.37 bits per heavy atom. The van der Waals surface area contributed by atoms with Crippen LogP contribution in [0.3, 0.4) is 0 Å². The molecule has 0 aliphatic heterocycles. The van der Waals surface area contributed by atoms with E-state index in [1.165, 1.54) is 17.5 Å². The van der Waals surface area contributed by atoms with Crippen molar-refractivity contribution in [2.24, 2.45) is 5.92 Å². The van der Waals surface area contributed by atoms with Crippen molar-refractivity contribution in [3.05, 3.63) is 29.3 Å². The highest BCUT2D eigenvalue weighted by molar-refractivity contribution is 7.14. The highest BCUT2D eigenvalue weighted by Gasteiger charge is 2.10. The average Bonchev–Trinajstić information content (AvgIpc) is 2.83. The van der Waals surface area contributed by atoms with Crippen molar-refractivity contribution < 1.29 is 4.39 Å². The van der Waals surface area contributed by atoms with Gasteiger partial charge in [0.25, 0.3) is 0 Å². The number of nitrogens with one attached hydrogen (secondary N) is 1. The summed E-state index contributed by atoms with van der Waals surface area (Å²) in [4.78, 5) is 3.73. The van der Waals surface area contributed by atoms with E-state index in [-0.39, 0.29) is 5.82 Å². The second kappa shape index (κ2) is 6.68. The zero-order valence-electron chi connectivity index (χ0n) is 11.1. The first-order chi connectivity index (χ1) is 9.16. The molecule has 0 saturated carbocycles. The highest BCUT2D eigenvalue weighted by atomic mass is 32.1. The molecular formula is C13H17FN4S. The molecular weight excluding hydrogens is 263 g/mol. The van der Waals surface area contributed by atoms with E-state index in [0.717, 1.165) is 24.5 Å². The Kier molecular flexibility index (Phi) is 4.93. The summed E-state index contributed by atoms with van der Waals surface area (Å²) in [7, 11) is 0. The minimum absolute atomic E-state index is 0.358. The molecule has 102 valence electrons. The first kappa shape index (κ1) is 14.0. The molecule has 0 aliphatic rings. The lowest BCUT2D eigenvalue weighted by Gasteiger charge is -2.05. The number of hydrogen-bond donors (Lipinski definition) is 1. The molecule has 0 amide bonds. The van der Waals surface area contributed by atoms with Gasteiger partial charge in [-0.15, -0.1) is 10.2 Å². The van der Waals surface area contributed by atoms with Crippen molar-refractivity contribution in [1.29, 1.82) is 0 Å². The topological polar surface area (TPSA) is 50.7 Å². The predicted molar refractivity (Wildman–Crippen MR) is 74.5 cm³/mol. The Hall–Kier alpha value is -1.40. The summed E-state index contributed by atoms with van der Waals surface area (Å²) >= 11 is 1.43. The maximum Gasteiger partial charge on any atom is 0.151 e. The van der Waals surface area contributed by atoms with Crippen LogP contribution in [0, 0.1) is 11.7 Å². The number of rotatable bonds is 6. The Bertz CT molecular complexity index is 527. The maximum absolute atomic E-state index is 13.5. The van der Waals surface area contributed by atoms with Crippen molar-refractivity contribution in [3.8, 4) is 10.6 Å². The zero-order valence-corrected chi connectivity index (χ0v) is 11.9. The van der Waals surface area contributed by atoms with Crippen LogP contribution in [0.25, 0.3) is 10.6 Å². The fourth-order valence-electron chi connectivity index (χ4n) is 1.60. The van der Waals surface area contributed by atoms with Gasteiger partial charge in [0.1, 0.15) is 5.01 Å². The van der Waals surface area contributed by atoms with Gasteiger partial charge >= 0.3 is 0 Å². The summed E-state index contributed by atoms with van der Waals surface area (Å²) in [5, 5.41) is 13.0. The molecule has 2 aromatic heterocycles. The molecule has 19 heavy (non-hydrogen) atoms. The summed E-state index contributed by atoms with van der Waals surface area (Å²) < 4.78 is 13.5. The van der Waals surface area contributed by atoms with E-state index in [9.17, 15) is 4.39 Å². The lowest BCUT2D eigenvalue weighted by atomic mass is 10.2. The van der Waals surface area contributed by atoms with Gasteiger partial charge in [-0.3, -0.25) is 4.98 Å². The second-order valence-corrected chi connectivity index (χ2v) is 5.77. The van der Waals surface area contributed by atoms with Crippen LogP contribution in [0.1, 0.15) is 18.9 Å². The van der Waals surface area contributed by atoms with E-state index in [0.29, 0.717) is 16.5 Å². The van der Waals surface area contributed by atoms with Crippen LogP contribution in [-0.2, 0) is 6.42 Å². The second-order valence-electron chi connectivity index (χ2n) is 4.70. The van der Waals surface area contributed by atoms with Gasteiger partial charge in [-0.25, -0.2) is 4.39 Å². The fraction of sp³-hybridized carbons (Fsp3) is 0.462. The Morgan fingerprint density at radius 3 is 2.95 bits per heavy atom. The van der Waals surface area contributed by atoms with E-state index in [2.05, 4.69) is 34.3 Å². The van der Waals surface area contributed by atoms with Crippen LogP contribution >= 0.6 is 11.3 Å². The van der Waals surface area contributed by atoms with E-state index < -0.39 is 0 Å². The Morgan fingerprint density at radius 2 is 2.21 bits per heavy atom. The lowest BCUT2D eigenvalue weighted by molar-refractivity contribution is 0.553. The molecule has 0 atom stereocenters. The number of hydrogen-bond acceptors (Lipinski definition) is 5. The van der Waals surface area contributed by atoms with Crippen LogP contribution < -0.4 is 5.32 Å².